The van der Waals surface area contributed by atoms with Gasteiger partial charge < -0.3 is 10.3 Å². The van der Waals surface area contributed by atoms with Gasteiger partial charge in [-0.1, -0.05) is 18.2 Å². The minimum Gasteiger partial charge on any atom is -0.358 e. The van der Waals surface area contributed by atoms with E-state index < -0.39 is 0 Å². The topological polar surface area (TPSA) is 57.8 Å². The molecule has 0 atom stereocenters. The van der Waals surface area contributed by atoms with E-state index in [0.717, 1.165) is 17.6 Å². The van der Waals surface area contributed by atoms with E-state index in [9.17, 15) is 4.79 Å². The Bertz CT molecular complexity index is 762. The van der Waals surface area contributed by atoms with E-state index in [-0.39, 0.29) is 5.91 Å². The van der Waals surface area contributed by atoms with Gasteiger partial charge >= 0.3 is 0 Å². The van der Waals surface area contributed by atoms with E-state index in [2.05, 4.69) is 34.3 Å². The van der Waals surface area contributed by atoms with E-state index in [1.807, 2.05) is 12.1 Å². The molecule has 21 heavy (non-hydrogen) atoms. The van der Waals surface area contributed by atoms with Crippen molar-refractivity contribution in [1.82, 2.24) is 15.3 Å². The highest BCUT2D eigenvalue weighted by molar-refractivity contribution is 5.94. The van der Waals surface area contributed by atoms with E-state index in [0.29, 0.717) is 12.1 Å². The van der Waals surface area contributed by atoms with Crippen LogP contribution in [0.25, 0.3) is 10.9 Å². The summed E-state index contributed by atoms with van der Waals surface area (Å²) in [7, 11) is 0. The summed E-state index contributed by atoms with van der Waals surface area (Å²) in [5.74, 6) is -0.0603. The highest BCUT2D eigenvalue weighted by atomic mass is 16.1. The summed E-state index contributed by atoms with van der Waals surface area (Å²) in [5, 5.41) is 4.18. The highest BCUT2D eigenvalue weighted by Gasteiger charge is 2.09. The molecular formula is C17H17N3O. The lowest BCUT2D eigenvalue weighted by atomic mass is 10.1. The van der Waals surface area contributed by atoms with E-state index in [1.54, 1.807) is 24.5 Å². The monoisotopic (exact) mass is 279 g/mol. The van der Waals surface area contributed by atoms with E-state index in [4.69, 9.17) is 0 Å². The molecule has 0 radical (unpaired) electrons. The summed E-state index contributed by atoms with van der Waals surface area (Å²) >= 11 is 0. The zero-order valence-corrected chi connectivity index (χ0v) is 11.9. The summed E-state index contributed by atoms with van der Waals surface area (Å²) in [5.41, 5.74) is 4.21. The third kappa shape index (κ3) is 2.79. The number of aromatic amines is 1. The molecule has 4 nitrogen and oxygen atoms in total. The van der Waals surface area contributed by atoms with E-state index >= 15 is 0 Å². The standard InChI is InChI=1S/C17H17N3O/c1-12-14(15-4-2-3-5-16(15)20-12)8-11-19-17(21)13-6-9-18-10-7-13/h2-7,9-10,20H,8,11H2,1H3,(H,19,21). The molecule has 2 heterocycles. The number of hydrogen-bond donors (Lipinski definition) is 2. The lowest BCUT2D eigenvalue weighted by Crippen LogP contribution is -2.25. The number of carbonyl (C=O) groups excluding carboxylic acids is 1. The van der Waals surface area contributed by atoms with Gasteiger partial charge in [0.15, 0.2) is 0 Å². The first-order valence-electron chi connectivity index (χ1n) is 7.00. The Morgan fingerprint density at radius 3 is 2.76 bits per heavy atom. The average Bonchev–Trinajstić information content (AvgIpc) is 2.84. The maximum absolute atomic E-state index is 12.0. The number of aryl methyl sites for hydroxylation is 1. The number of benzene rings is 1. The first kappa shape index (κ1) is 13.4. The summed E-state index contributed by atoms with van der Waals surface area (Å²) in [6, 6.07) is 11.7. The molecule has 2 aromatic heterocycles. The fraction of sp³-hybridized carbons (Fsp3) is 0.176. The van der Waals surface area contributed by atoms with Crippen molar-refractivity contribution in [3.8, 4) is 0 Å². The second-order valence-electron chi connectivity index (χ2n) is 5.02. The predicted molar refractivity (Wildman–Crippen MR) is 83.3 cm³/mol. The summed E-state index contributed by atoms with van der Waals surface area (Å²) in [6.45, 7) is 2.68. The molecule has 4 heteroatoms. The van der Waals surface area contributed by atoms with Gasteiger partial charge in [0.2, 0.25) is 0 Å². The Hall–Kier alpha value is -2.62. The summed E-state index contributed by atoms with van der Waals surface area (Å²) in [6.07, 6.45) is 4.06. The van der Waals surface area contributed by atoms with Crippen LogP contribution >= 0.6 is 0 Å². The van der Waals surface area contributed by atoms with Crippen molar-refractivity contribution in [2.24, 2.45) is 0 Å². The van der Waals surface area contributed by atoms with Gasteiger partial charge in [-0.15, -0.1) is 0 Å². The van der Waals surface area contributed by atoms with Crippen LogP contribution < -0.4 is 5.32 Å². The molecule has 0 spiro atoms. The van der Waals surface area contributed by atoms with Gasteiger partial charge in [0.1, 0.15) is 0 Å². The van der Waals surface area contributed by atoms with Gasteiger partial charge in [-0.3, -0.25) is 9.78 Å². The molecule has 1 aromatic carbocycles. The Balaban J connectivity index is 1.67. The SMILES string of the molecule is Cc1[nH]c2ccccc2c1CCNC(=O)c1ccncc1. The lowest BCUT2D eigenvalue weighted by molar-refractivity contribution is 0.0954. The number of aromatic nitrogens is 2. The van der Waals surface area contributed by atoms with Crippen LogP contribution in [-0.4, -0.2) is 22.4 Å². The number of carbonyl (C=O) groups is 1. The molecule has 0 aliphatic rings. The number of nitrogens with one attached hydrogen (secondary N) is 2. The van der Waals surface area contributed by atoms with Gasteiger partial charge in [-0.05, 0) is 37.1 Å². The van der Waals surface area contributed by atoms with Crippen molar-refractivity contribution >= 4 is 16.8 Å². The molecule has 0 aliphatic carbocycles. The zero-order chi connectivity index (χ0) is 14.7. The number of pyridine rings is 1. The average molecular weight is 279 g/mol. The van der Waals surface area contributed by atoms with Crippen molar-refractivity contribution < 1.29 is 4.79 Å². The normalized spacial score (nSPS) is 10.7. The molecular weight excluding hydrogens is 262 g/mol. The number of H-pyrrole nitrogens is 1. The molecule has 0 saturated heterocycles. The Morgan fingerprint density at radius 2 is 1.95 bits per heavy atom. The summed E-state index contributed by atoms with van der Waals surface area (Å²) in [4.78, 5) is 19.3. The number of hydrogen-bond acceptors (Lipinski definition) is 2. The smallest absolute Gasteiger partial charge is 0.251 e. The zero-order valence-electron chi connectivity index (χ0n) is 11.9. The number of para-hydroxylation sites is 1. The number of fused-ring (bicyclic) bond motifs is 1. The van der Waals surface area contributed by atoms with Crippen LogP contribution in [0.1, 0.15) is 21.6 Å². The van der Waals surface area contributed by atoms with Crippen LogP contribution in [0.15, 0.2) is 48.8 Å². The fourth-order valence-corrected chi connectivity index (χ4v) is 2.56. The largest absolute Gasteiger partial charge is 0.358 e. The molecule has 0 fully saturated rings. The summed E-state index contributed by atoms with van der Waals surface area (Å²) < 4.78 is 0. The molecule has 2 N–H and O–H groups in total. The molecule has 0 saturated carbocycles. The predicted octanol–water partition coefficient (Wildman–Crippen LogP) is 2.84. The van der Waals surface area contributed by atoms with Gasteiger partial charge in [0, 0.05) is 41.1 Å². The Kier molecular flexibility index (Phi) is 3.69. The molecule has 3 aromatic rings. The van der Waals surface area contributed by atoms with Crippen LogP contribution in [0, 0.1) is 6.92 Å². The van der Waals surface area contributed by atoms with Crippen molar-refractivity contribution in [2.75, 3.05) is 6.54 Å². The number of rotatable bonds is 4. The molecule has 106 valence electrons. The highest BCUT2D eigenvalue weighted by Crippen LogP contribution is 2.21. The van der Waals surface area contributed by atoms with Crippen LogP contribution in [0.3, 0.4) is 0 Å². The third-order valence-corrected chi connectivity index (χ3v) is 3.63. The van der Waals surface area contributed by atoms with Crippen LogP contribution in [0.4, 0.5) is 0 Å². The number of nitrogens with zero attached hydrogens (tertiary/aromatic N) is 1. The third-order valence-electron chi connectivity index (χ3n) is 3.63. The van der Waals surface area contributed by atoms with Crippen molar-refractivity contribution in [3.05, 3.63) is 65.6 Å². The van der Waals surface area contributed by atoms with Crippen molar-refractivity contribution in [3.63, 3.8) is 0 Å². The van der Waals surface area contributed by atoms with Gasteiger partial charge in [-0.2, -0.15) is 0 Å². The lowest BCUT2D eigenvalue weighted by Gasteiger charge is -2.05. The van der Waals surface area contributed by atoms with Crippen LogP contribution in [-0.2, 0) is 6.42 Å². The molecule has 0 unspecified atom stereocenters. The minimum absolute atomic E-state index is 0.0603. The van der Waals surface area contributed by atoms with Gasteiger partial charge in [-0.25, -0.2) is 0 Å². The first-order chi connectivity index (χ1) is 10.3. The number of amides is 1. The molecule has 3 rings (SSSR count). The first-order valence-corrected chi connectivity index (χ1v) is 7.00. The van der Waals surface area contributed by atoms with Gasteiger partial charge in [0.05, 0.1) is 0 Å². The second kappa shape index (κ2) is 5.79. The van der Waals surface area contributed by atoms with E-state index in [1.165, 1.54) is 10.9 Å². The van der Waals surface area contributed by atoms with Crippen molar-refractivity contribution in [2.45, 2.75) is 13.3 Å². The van der Waals surface area contributed by atoms with Gasteiger partial charge in [0.25, 0.3) is 5.91 Å². The van der Waals surface area contributed by atoms with Crippen LogP contribution in [0.2, 0.25) is 0 Å². The van der Waals surface area contributed by atoms with Crippen molar-refractivity contribution in [1.29, 1.82) is 0 Å². The minimum atomic E-state index is -0.0603. The Morgan fingerprint density at radius 1 is 1.19 bits per heavy atom. The molecule has 0 aliphatic heterocycles. The maximum atomic E-state index is 12.0. The quantitative estimate of drug-likeness (QED) is 0.771. The van der Waals surface area contributed by atoms with Crippen LogP contribution in [0.5, 0.6) is 0 Å². The molecule has 0 bridgehead atoms. The molecule has 1 amide bonds. The Labute approximate surface area is 123 Å². The maximum Gasteiger partial charge on any atom is 0.251 e. The fourth-order valence-electron chi connectivity index (χ4n) is 2.56. The second-order valence-corrected chi connectivity index (χ2v) is 5.02.